The van der Waals surface area contributed by atoms with Crippen molar-refractivity contribution in [3.05, 3.63) is 47.5 Å². The number of aryl methyl sites for hydroxylation is 1. The normalized spacial score (nSPS) is 15.6. The molecule has 1 saturated heterocycles. The van der Waals surface area contributed by atoms with E-state index < -0.39 is 11.9 Å². The molecule has 1 aromatic carbocycles. The summed E-state index contributed by atoms with van der Waals surface area (Å²) in [5.74, 6) is 2.06. The zero-order chi connectivity index (χ0) is 25.2. The quantitative estimate of drug-likeness (QED) is 0.482. The first-order chi connectivity index (χ1) is 16.6. The maximum absolute atomic E-state index is 13.0. The van der Waals surface area contributed by atoms with Crippen LogP contribution in [0.25, 0.3) is 10.9 Å². The van der Waals surface area contributed by atoms with E-state index in [1.165, 1.54) is 6.07 Å². The summed E-state index contributed by atoms with van der Waals surface area (Å²) in [6.07, 6.45) is -3.36. The van der Waals surface area contributed by atoms with Crippen molar-refractivity contribution in [2.45, 2.75) is 19.6 Å². The molecule has 4 rings (SSSR count). The van der Waals surface area contributed by atoms with E-state index in [9.17, 15) is 13.2 Å². The molecule has 3 aromatic rings. The number of hydrogen-bond acceptors (Lipinski definition) is 8. The van der Waals surface area contributed by atoms with E-state index in [0.717, 1.165) is 25.4 Å². The highest BCUT2D eigenvalue weighted by atomic mass is 19.4. The second-order valence-corrected chi connectivity index (χ2v) is 8.93. The predicted molar refractivity (Wildman–Crippen MR) is 125 cm³/mol. The Morgan fingerprint density at radius 3 is 2.51 bits per heavy atom. The van der Waals surface area contributed by atoms with Gasteiger partial charge in [0.1, 0.15) is 17.3 Å². The van der Waals surface area contributed by atoms with Gasteiger partial charge in [-0.05, 0) is 37.7 Å². The van der Waals surface area contributed by atoms with Crippen LogP contribution in [0.5, 0.6) is 11.5 Å². The van der Waals surface area contributed by atoms with Crippen LogP contribution in [0.1, 0.15) is 17.1 Å². The average molecular weight is 492 g/mol. The van der Waals surface area contributed by atoms with Crippen molar-refractivity contribution in [2.75, 3.05) is 52.9 Å². The van der Waals surface area contributed by atoms with Crippen molar-refractivity contribution in [1.29, 1.82) is 0 Å². The topological polar surface area (TPSA) is 81.6 Å². The third-order valence-electron chi connectivity index (χ3n) is 5.86. The second kappa shape index (κ2) is 9.82. The smallest absolute Gasteiger partial charge is 0.433 e. The molecule has 8 nitrogen and oxygen atoms in total. The molecule has 3 heterocycles. The van der Waals surface area contributed by atoms with Gasteiger partial charge in [0.15, 0.2) is 11.5 Å². The van der Waals surface area contributed by atoms with Crippen molar-refractivity contribution in [2.24, 2.45) is 5.41 Å². The molecule has 0 bridgehead atoms. The largest absolute Gasteiger partial charge is 0.493 e. The van der Waals surface area contributed by atoms with Gasteiger partial charge < -0.3 is 24.4 Å². The van der Waals surface area contributed by atoms with Gasteiger partial charge in [0, 0.05) is 44.4 Å². The number of benzene rings is 1. The molecule has 0 amide bonds. The van der Waals surface area contributed by atoms with Crippen molar-refractivity contribution in [3.8, 4) is 11.5 Å². The van der Waals surface area contributed by atoms with Crippen molar-refractivity contribution in [1.82, 2.24) is 19.9 Å². The molecule has 0 radical (unpaired) electrons. The van der Waals surface area contributed by atoms with Crippen molar-refractivity contribution in [3.63, 3.8) is 0 Å². The molecular weight excluding hydrogens is 463 g/mol. The van der Waals surface area contributed by atoms with Crippen LogP contribution in [-0.4, -0.2) is 67.4 Å². The first-order valence-corrected chi connectivity index (χ1v) is 11.1. The summed E-state index contributed by atoms with van der Waals surface area (Å²) < 4.78 is 56.2. The van der Waals surface area contributed by atoms with Crippen LogP contribution >= 0.6 is 0 Å². The SMILES string of the molecule is COCC1(COc2cc3c(NCc4ccnc(C(F)(F)F)c4)nc(C)nc3cc2OC)CN(C)C1. The van der Waals surface area contributed by atoms with E-state index in [2.05, 4.69) is 25.2 Å². The Kier molecular flexibility index (Phi) is 7.00. The second-order valence-electron chi connectivity index (χ2n) is 8.93. The van der Waals surface area contributed by atoms with Gasteiger partial charge in [-0.2, -0.15) is 13.2 Å². The molecule has 1 N–H and O–H groups in total. The highest BCUT2D eigenvalue weighted by molar-refractivity contribution is 5.91. The fourth-order valence-corrected chi connectivity index (χ4v) is 4.44. The number of ether oxygens (including phenoxy) is 3. The number of pyridine rings is 1. The zero-order valence-corrected chi connectivity index (χ0v) is 20.1. The van der Waals surface area contributed by atoms with Gasteiger partial charge >= 0.3 is 6.18 Å². The first-order valence-electron chi connectivity index (χ1n) is 11.1. The number of hydrogen-bond donors (Lipinski definition) is 1. The number of halogens is 3. The van der Waals surface area contributed by atoms with Crippen LogP contribution in [0.15, 0.2) is 30.5 Å². The third kappa shape index (κ3) is 5.57. The minimum atomic E-state index is -4.51. The molecular formula is C24H28F3N5O3. The first kappa shape index (κ1) is 24.9. The molecule has 2 aromatic heterocycles. The van der Waals surface area contributed by atoms with Gasteiger partial charge in [-0.1, -0.05) is 0 Å². The fraction of sp³-hybridized carbons (Fsp3) is 0.458. The predicted octanol–water partition coefficient (Wildman–Crippen LogP) is 3.93. The summed E-state index contributed by atoms with van der Waals surface area (Å²) in [7, 11) is 5.28. The fourth-order valence-electron chi connectivity index (χ4n) is 4.44. The molecule has 0 spiro atoms. The summed E-state index contributed by atoms with van der Waals surface area (Å²) in [5, 5.41) is 3.81. The number of methoxy groups -OCH3 is 2. The van der Waals surface area contributed by atoms with E-state index in [-0.39, 0.29) is 12.0 Å². The van der Waals surface area contributed by atoms with Gasteiger partial charge in [0.05, 0.1) is 31.3 Å². The lowest BCUT2D eigenvalue weighted by Crippen LogP contribution is -2.59. The van der Waals surface area contributed by atoms with E-state index in [1.54, 1.807) is 33.3 Å². The number of nitrogens with zero attached hydrogens (tertiary/aromatic N) is 4. The maximum atomic E-state index is 13.0. The Balaban J connectivity index is 1.61. The van der Waals surface area contributed by atoms with Gasteiger partial charge in [-0.3, -0.25) is 4.98 Å². The summed E-state index contributed by atoms with van der Waals surface area (Å²) >= 11 is 0. The highest BCUT2D eigenvalue weighted by Crippen LogP contribution is 2.37. The molecule has 1 aliphatic heterocycles. The van der Waals surface area contributed by atoms with Crippen molar-refractivity contribution >= 4 is 16.7 Å². The Bertz CT molecular complexity index is 1190. The van der Waals surface area contributed by atoms with Crippen LogP contribution in [0.2, 0.25) is 0 Å². The van der Waals surface area contributed by atoms with E-state index in [0.29, 0.717) is 52.8 Å². The Labute approximate surface area is 201 Å². The standard InChI is InChI=1S/C24H28F3N5O3/c1-15-30-18-9-19(34-4)20(35-14-23(13-33-3)11-32(2)12-23)8-17(18)22(31-15)29-10-16-5-6-28-21(7-16)24(25,26)27/h5-9H,10-14H2,1-4H3,(H,29,30,31). The number of anilines is 1. The summed E-state index contributed by atoms with van der Waals surface area (Å²) in [5.41, 5.74) is 0.0149. The van der Waals surface area contributed by atoms with Gasteiger partial charge in [0.2, 0.25) is 0 Å². The van der Waals surface area contributed by atoms with Gasteiger partial charge in [-0.15, -0.1) is 0 Å². The van der Waals surface area contributed by atoms with Crippen LogP contribution in [0, 0.1) is 12.3 Å². The van der Waals surface area contributed by atoms with Crippen molar-refractivity contribution < 1.29 is 27.4 Å². The van der Waals surface area contributed by atoms with Crippen LogP contribution < -0.4 is 14.8 Å². The molecule has 0 aliphatic carbocycles. The molecule has 1 aliphatic rings. The molecule has 188 valence electrons. The maximum Gasteiger partial charge on any atom is 0.433 e. The lowest BCUT2D eigenvalue weighted by atomic mass is 9.82. The molecule has 0 unspecified atom stereocenters. The monoisotopic (exact) mass is 491 g/mol. The number of likely N-dealkylation sites (tertiary alicyclic amines) is 1. The van der Waals surface area contributed by atoms with E-state index >= 15 is 0 Å². The van der Waals surface area contributed by atoms with Gasteiger partial charge in [-0.25, -0.2) is 9.97 Å². The molecule has 35 heavy (non-hydrogen) atoms. The third-order valence-corrected chi connectivity index (χ3v) is 5.86. The van der Waals surface area contributed by atoms with Crippen LogP contribution in [0.4, 0.5) is 19.0 Å². The molecule has 1 fully saturated rings. The number of fused-ring (bicyclic) bond motifs is 1. The van der Waals surface area contributed by atoms with E-state index in [1.807, 2.05) is 7.05 Å². The van der Waals surface area contributed by atoms with E-state index in [4.69, 9.17) is 14.2 Å². The number of rotatable bonds is 9. The van der Waals surface area contributed by atoms with Gasteiger partial charge in [0.25, 0.3) is 0 Å². The highest BCUT2D eigenvalue weighted by Gasteiger charge is 2.42. The lowest BCUT2D eigenvalue weighted by Gasteiger charge is -2.47. The Hall–Kier alpha value is -3.18. The zero-order valence-electron chi connectivity index (χ0n) is 20.1. The number of nitrogens with one attached hydrogen (secondary N) is 1. The van der Waals surface area contributed by atoms with Crippen LogP contribution in [-0.2, 0) is 17.5 Å². The lowest BCUT2D eigenvalue weighted by molar-refractivity contribution is -0.141. The molecule has 0 atom stereocenters. The number of aromatic nitrogens is 3. The minimum absolute atomic E-state index is 0.105. The molecule has 11 heteroatoms. The Morgan fingerprint density at radius 1 is 1.09 bits per heavy atom. The average Bonchev–Trinajstić information content (AvgIpc) is 2.79. The summed E-state index contributed by atoms with van der Waals surface area (Å²) in [6.45, 7) is 4.61. The molecule has 0 saturated carbocycles. The summed E-state index contributed by atoms with van der Waals surface area (Å²) in [6, 6.07) is 6.12. The van der Waals surface area contributed by atoms with Crippen LogP contribution in [0.3, 0.4) is 0 Å². The Morgan fingerprint density at radius 2 is 1.86 bits per heavy atom. The summed E-state index contributed by atoms with van der Waals surface area (Å²) in [4.78, 5) is 14.6. The number of alkyl halides is 3. The minimum Gasteiger partial charge on any atom is -0.493 e.